The lowest BCUT2D eigenvalue weighted by atomic mass is 10.2. The summed E-state index contributed by atoms with van der Waals surface area (Å²) in [6.45, 7) is 2.68. The van der Waals surface area contributed by atoms with Crippen LogP contribution in [0.4, 0.5) is 0 Å². The molecule has 2 aromatic heterocycles. The van der Waals surface area contributed by atoms with E-state index in [1.54, 1.807) is 36.8 Å². The molecule has 3 heterocycles. The molecular weight excluding hydrogens is 350 g/mol. The zero-order valence-electron chi connectivity index (χ0n) is 14.4. The van der Waals surface area contributed by atoms with Gasteiger partial charge < -0.3 is 4.74 Å². The molecule has 0 amide bonds. The van der Waals surface area contributed by atoms with Gasteiger partial charge in [0.1, 0.15) is 16.7 Å². The third kappa shape index (κ3) is 3.15. The molecule has 26 heavy (non-hydrogen) atoms. The number of benzene rings is 1. The molecule has 1 fully saturated rings. The number of aryl methyl sites for hydroxylation is 1. The van der Waals surface area contributed by atoms with Crippen molar-refractivity contribution in [3.8, 4) is 5.75 Å². The number of ether oxygens (including phenoxy) is 1. The molecule has 4 rings (SSSR count). The quantitative estimate of drug-likeness (QED) is 0.707. The van der Waals surface area contributed by atoms with Gasteiger partial charge in [-0.1, -0.05) is 12.1 Å². The van der Waals surface area contributed by atoms with E-state index in [2.05, 4.69) is 9.97 Å². The van der Waals surface area contributed by atoms with Gasteiger partial charge in [-0.3, -0.25) is 9.97 Å². The molecule has 3 aromatic rings. The maximum absolute atomic E-state index is 13.1. The molecule has 0 N–H and O–H groups in total. The summed E-state index contributed by atoms with van der Waals surface area (Å²) in [5.41, 5.74) is 1.51. The van der Waals surface area contributed by atoms with Crippen molar-refractivity contribution >= 4 is 20.9 Å². The molecule has 0 radical (unpaired) electrons. The minimum absolute atomic E-state index is 0.181. The number of para-hydroxylation sites is 1. The first-order chi connectivity index (χ1) is 12.5. The molecule has 0 spiro atoms. The Bertz CT molecular complexity index is 1040. The van der Waals surface area contributed by atoms with Crippen LogP contribution in [0.25, 0.3) is 10.9 Å². The Labute approximate surface area is 152 Å². The monoisotopic (exact) mass is 369 g/mol. The Hall–Kier alpha value is -2.51. The Kier molecular flexibility index (Phi) is 4.34. The second kappa shape index (κ2) is 6.66. The first kappa shape index (κ1) is 16.9. The van der Waals surface area contributed by atoms with Gasteiger partial charge in [0.25, 0.3) is 0 Å². The second-order valence-electron chi connectivity index (χ2n) is 6.42. The van der Waals surface area contributed by atoms with Crippen molar-refractivity contribution in [3.63, 3.8) is 0 Å². The predicted octanol–water partition coefficient (Wildman–Crippen LogP) is 2.78. The van der Waals surface area contributed by atoms with Crippen molar-refractivity contribution in [1.82, 2.24) is 14.3 Å². The van der Waals surface area contributed by atoms with Gasteiger partial charge in [-0.15, -0.1) is 0 Å². The summed E-state index contributed by atoms with van der Waals surface area (Å²) in [5, 5.41) is 0.827. The van der Waals surface area contributed by atoms with Gasteiger partial charge in [0.05, 0.1) is 18.3 Å². The highest BCUT2D eigenvalue weighted by molar-refractivity contribution is 7.89. The van der Waals surface area contributed by atoms with E-state index >= 15 is 0 Å². The minimum Gasteiger partial charge on any atom is -0.487 e. The topological polar surface area (TPSA) is 72.4 Å². The van der Waals surface area contributed by atoms with Crippen LogP contribution >= 0.6 is 0 Å². The van der Waals surface area contributed by atoms with Crippen LogP contribution in [0.5, 0.6) is 5.75 Å². The van der Waals surface area contributed by atoms with Gasteiger partial charge in [0.2, 0.25) is 10.0 Å². The van der Waals surface area contributed by atoms with E-state index in [0.717, 1.165) is 10.9 Å². The van der Waals surface area contributed by atoms with E-state index in [9.17, 15) is 8.42 Å². The van der Waals surface area contributed by atoms with Crippen LogP contribution in [0.3, 0.4) is 0 Å². The smallest absolute Gasteiger partial charge is 0.245 e. The molecule has 1 aliphatic rings. The van der Waals surface area contributed by atoms with Gasteiger partial charge in [-0.2, -0.15) is 4.31 Å². The molecule has 7 heteroatoms. The zero-order chi connectivity index (χ0) is 18.1. The molecule has 1 aliphatic heterocycles. The van der Waals surface area contributed by atoms with Crippen LogP contribution in [0.2, 0.25) is 0 Å². The normalized spacial score (nSPS) is 18.3. The number of rotatable bonds is 4. The summed E-state index contributed by atoms with van der Waals surface area (Å²) in [5.74, 6) is 0.652. The third-order valence-corrected chi connectivity index (χ3v) is 6.37. The molecule has 134 valence electrons. The van der Waals surface area contributed by atoms with Gasteiger partial charge in [-0.05, 0) is 43.2 Å². The summed E-state index contributed by atoms with van der Waals surface area (Å²) in [6, 6.07) is 10.8. The number of fused-ring (bicyclic) bond motifs is 1. The van der Waals surface area contributed by atoms with Crippen molar-refractivity contribution in [3.05, 3.63) is 60.6 Å². The van der Waals surface area contributed by atoms with Crippen molar-refractivity contribution in [2.75, 3.05) is 13.1 Å². The summed E-state index contributed by atoms with van der Waals surface area (Å²) in [4.78, 5) is 8.63. The highest BCUT2D eigenvalue weighted by Crippen LogP contribution is 2.28. The molecule has 0 unspecified atom stereocenters. The Morgan fingerprint density at radius 3 is 2.88 bits per heavy atom. The lowest BCUT2D eigenvalue weighted by Crippen LogP contribution is -2.31. The van der Waals surface area contributed by atoms with Gasteiger partial charge in [0, 0.05) is 24.3 Å². The number of hydrogen-bond acceptors (Lipinski definition) is 5. The maximum atomic E-state index is 13.1. The predicted molar refractivity (Wildman–Crippen MR) is 98.5 cm³/mol. The van der Waals surface area contributed by atoms with Gasteiger partial charge in [0.15, 0.2) is 0 Å². The van der Waals surface area contributed by atoms with E-state index in [0.29, 0.717) is 30.8 Å². The van der Waals surface area contributed by atoms with Crippen molar-refractivity contribution in [2.24, 2.45) is 0 Å². The Morgan fingerprint density at radius 2 is 2.08 bits per heavy atom. The van der Waals surface area contributed by atoms with E-state index < -0.39 is 10.0 Å². The van der Waals surface area contributed by atoms with Crippen molar-refractivity contribution in [2.45, 2.75) is 24.3 Å². The molecule has 1 atom stereocenters. The highest BCUT2D eigenvalue weighted by atomic mass is 32.2. The lowest BCUT2D eigenvalue weighted by molar-refractivity contribution is 0.214. The molecule has 1 saturated heterocycles. The van der Waals surface area contributed by atoms with Gasteiger partial charge >= 0.3 is 0 Å². The molecule has 0 aliphatic carbocycles. The van der Waals surface area contributed by atoms with Crippen molar-refractivity contribution in [1.29, 1.82) is 0 Å². The fraction of sp³-hybridized carbons (Fsp3) is 0.263. The average Bonchev–Trinajstić information content (AvgIpc) is 3.11. The fourth-order valence-corrected chi connectivity index (χ4v) is 4.86. The number of hydrogen-bond donors (Lipinski definition) is 0. The second-order valence-corrected chi connectivity index (χ2v) is 8.33. The molecular formula is C19H19N3O3S. The highest BCUT2D eigenvalue weighted by Gasteiger charge is 2.34. The maximum Gasteiger partial charge on any atom is 0.245 e. The minimum atomic E-state index is -3.63. The summed E-state index contributed by atoms with van der Waals surface area (Å²) in [7, 11) is -3.63. The van der Waals surface area contributed by atoms with Gasteiger partial charge in [-0.25, -0.2) is 8.42 Å². The Morgan fingerprint density at radius 1 is 1.19 bits per heavy atom. The summed E-state index contributed by atoms with van der Waals surface area (Å²) < 4.78 is 33.6. The summed E-state index contributed by atoms with van der Waals surface area (Å²) in [6.07, 6.45) is 5.46. The SMILES string of the molecule is Cc1cnc2c(S(=O)(=O)N3CC[C@H](Oc4cccnc4)C3)cccc2c1. The van der Waals surface area contributed by atoms with E-state index in [-0.39, 0.29) is 11.0 Å². The lowest BCUT2D eigenvalue weighted by Gasteiger charge is -2.18. The number of sulfonamides is 1. The average molecular weight is 369 g/mol. The van der Waals surface area contributed by atoms with Crippen molar-refractivity contribution < 1.29 is 13.2 Å². The van der Waals surface area contributed by atoms with Crippen LogP contribution in [0, 0.1) is 6.92 Å². The standard InChI is InChI=1S/C19H19N3O3S/c1-14-10-15-4-2-6-18(19(15)21-11-14)26(23,24)22-9-7-17(13-22)25-16-5-3-8-20-12-16/h2-6,8,10-12,17H,7,9,13H2,1H3/t17-/m0/s1. The first-order valence-electron chi connectivity index (χ1n) is 8.46. The van der Waals surface area contributed by atoms with E-state index in [1.165, 1.54) is 4.31 Å². The first-order valence-corrected chi connectivity index (χ1v) is 9.90. The molecule has 0 bridgehead atoms. The van der Waals surface area contributed by atoms with E-state index in [4.69, 9.17) is 4.74 Å². The largest absolute Gasteiger partial charge is 0.487 e. The fourth-order valence-electron chi connectivity index (χ4n) is 3.21. The van der Waals surface area contributed by atoms with E-state index in [1.807, 2.05) is 25.1 Å². The van der Waals surface area contributed by atoms with Crippen LogP contribution in [-0.2, 0) is 10.0 Å². The summed E-state index contributed by atoms with van der Waals surface area (Å²) >= 11 is 0. The molecule has 6 nitrogen and oxygen atoms in total. The van der Waals surface area contributed by atoms with Crippen LogP contribution in [0.15, 0.2) is 59.9 Å². The zero-order valence-corrected chi connectivity index (χ0v) is 15.2. The molecule has 1 aromatic carbocycles. The van der Waals surface area contributed by atoms with Crippen LogP contribution in [-0.4, -0.2) is 41.9 Å². The molecule has 0 saturated carbocycles. The van der Waals surface area contributed by atoms with Crippen LogP contribution < -0.4 is 4.74 Å². The number of pyridine rings is 2. The number of nitrogens with zero attached hydrogens (tertiary/aromatic N) is 3. The van der Waals surface area contributed by atoms with Crippen LogP contribution in [0.1, 0.15) is 12.0 Å². The Balaban J connectivity index is 1.60. The third-order valence-electron chi connectivity index (χ3n) is 4.47. The number of aromatic nitrogens is 2.